The second kappa shape index (κ2) is 5.32. The average molecular weight is 275 g/mol. The number of nitrogens with zero attached hydrogens (tertiary/aromatic N) is 3. The molecule has 0 aliphatic rings. The van der Waals surface area contributed by atoms with Crippen LogP contribution in [0.3, 0.4) is 0 Å². The number of carbonyl (C=O) groups is 1. The SMILES string of the molecule is Cc1cc(=O)n(C(C)Cn2cccn2)c(C)c1C(=O)O. The van der Waals surface area contributed by atoms with E-state index in [4.69, 9.17) is 0 Å². The summed E-state index contributed by atoms with van der Waals surface area (Å²) >= 11 is 0. The van der Waals surface area contributed by atoms with Crippen LogP contribution in [0.4, 0.5) is 0 Å². The summed E-state index contributed by atoms with van der Waals surface area (Å²) in [6.07, 6.45) is 3.48. The van der Waals surface area contributed by atoms with E-state index in [1.807, 2.05) is 13.1 Å². The molecule has 0 saturated carbocycles. The van der Waals surface area contributed by atoms with Crippen molar-refractivity contribution >= 4 is 5.97 Å². The number of aromatic carboxylic acids is 1. The molecular formula is C14H17N3O3. The van der Waals surface area contributed by atoms with E-state index in [0.717, 1.165) is 0 Å². The first-order chi connectivity index (χ1) is 9.41. The highest BCUT2D eigenvalue weighted by Crippen LogP contribution is 2.16. The minimum atomic E-state index is -1.01. The fourth-order valence-corrected chi connectivity index (χ4v) is 2.53. The van der Waals surface area contributed by atoms with Gasteiger partial charge in [0.25, 0.3) is 5.56 Å². The van der Waals surface area contributed by atoms with Crippen molar-refractivity contribution in [3.05, 3.63) is 51.7 Å². The third kappa shape index (κ3) is 2.49. The van der Waals surface area contributed by atoms with Gasteiger partial charge in [-0.1, -0.05) is 0 Å². The summed E-state index contributed by atoms with van der Waals surface area (Å²) in [6, 6.07) is 3.00. The van der Waals surface area contributed by atoms with Gasteiger partial charge in [0, 0.05) is 24.2 Å². The maximum Gasteiger partial charge on any atom is 0.337 e. The lowest BCUT2D eigenvalue weighted by atomic mass is 10.1. The van der Waals surface area contributed by atoms with Crippen LogP contribution in [-0.2, 0) is 6.54 Å². The van der Waals surface area contributed by atoms with Gasteiger partial charge in [0.2, 0.25) is 0 Å². The number of hydrogen-bond donors (Lipinski definition) is 1. The fraction of sp³-hybridized carbons (Fsp3) is 0.357. The van der Waals surface area contributed by atoms with Crippen LogP contribution < -0.4 is 5.56 Å². The van der Waals surface area contributed by atoms with E-state index in [1.165, 1.54) is 10.6 Å². The molecule has 0 fully saturated rings. The van der Waals surface area contributed by atoms with Crippen LogP contribution in [0, 0.1) is 13.8 Å². The Bertz CT molecular complexity index is 686. The van der Waals surface area contributed by atoms with Gasteiger partial charge in [-0.3, -0.25) is 9.48 Å². The van der Waals surface area contributed by atoms with Crippen LogP contribution >= 0.6 is 0 Å². The lowest BCUT2D eigenvalue weighted by Gasteiger charge is -2.20. The van der Waals surface area contributed by atoms with Crippen LogP contribution in [0.25, 0.3) is 0 Å². The maximum absolute atomic E-state index is 12.1. The molecule has 0 saturated heterocycles. The largest absolute Gasteiger partial charge is 0.478 e. The van der Waals surface area contributed by atoms with Crippen LogP contribution in [0.5, 0.6) is 0 Å². The van der Waals surface area contributed by atoms with Gasteiger partial charge in [0.1, 0.15) is 0 Å². The molecule has 2 aromatic rings. The predicted octanol–water partition coefficient (Wildman–Crippen LogP) is 1.62. The lowest BCUT2D eigenvalue weighted by Crippen LogP contribution is -2.30. The molecule has 0 spiro atoms. The number of hydrogen-bond acceptors (Lipinski definition) is 3. The van der Waals surface area contributed by atoms with Crippen molar-refractivity contribution in [2.24, 2.45) is 0 Å². The van der Waals surface area contributed by atoms with Crippen molar-refractivity contribution in [2.45, 2.75) is 33.4 Å². The summed E-state index contributed by atoms with van der Waals surface area (Å²) in [7, 11) is 0. The highest BCUT2D eigenvalue weighted by molar-refractivity contribution is 5.90. The third-order valence-electron chi connectivity index (χ3n) is 3.36. The van der Waals surface area contributed by atoms with E-state index < -0.39 is 5.97 Å². The topological polar surface area (TPSA) is 77.1 Å². The van der Waals surface area contributed by atoms with Gasteiger partial charge < -0.3 is 9.67 Å². The van der Waals surface area contributed by atoms with Crippen LogP contribution in [0.2, 0.25) is 0 Å². The minimum Gasteiger partial charge on any atom is -0.478 e. The Kier molecular flexibility index (Phi) is 3.74. The summed E-state index contributed by atoms with van der Waals surface area (Å²) in [5.74, 6) is -1.01. The van der Waals surface area contributed by atoms with Crippen molar-refractivity contribution in [1.29, 1.82) is 0 Å². The summed E-state index contributed by atoms with van der Waals surface area (Å²) in [5.41, 5.74) is 0.964. The maximum atomic E-state index is 12.1. The molecule has 1 N–H and O–H groups in total. The number of pyridine rings is 1. The normalized spacial score (nSPS) is 12.3. The first-order valence-corrected chi connectivity index (χ1v) is 6.35. The fourth-order valence-electron chi connectivity index (χ4n) is 2.53. The number of aryl methyl sites for hydroxylation is 1. The Balaban J connectivity index is 2.48. The molecule has 0 bridgehead atoms. The van der Waals surface area contributed by atoms with Gasteiger partial charge in [-0.25, -0.2) is 4.79 Å². The summed E-state index contributed by atoms with van der Waals surface area (Å²) in [6.45, 7) is 5.69. The Labute approximate surface area is 116 Å². The molecule has 6 heteroatoms. The van der Waals surface area contributed by atoms with Crippen molar-refractivity contribution in [2.75, 3.05) is 0 Å². The molecule has 0 radical (unpaired) electrons. The lowest BCUT2D eigenvalue weighted by molar-refractivity contribution is 0.0694. The summed E-state index contributed by atoms with van der Waals surface area (Å²) < 4.78 is 3.23. The van der Waals surface area contributed by atoms with Crippen molar-refractivity contribution in [3.63, 3.8) is 0 Å². The van der Waals surface area contributed by atoms with Gasteiger partial charge in [0.05, 0.1) is 18.2 Å². The average Bonchev–Trinajstić information content (AvgIpc) is 2.79. The van der Waals surface area contributed by atoms with Gasteiger partial charge in [-0.2, -0.15) is 5.10 Å². The van der Waals surface area contributed by atoms with Crippen LogP contribution in [0.1, 0.15) is 34.6 Å². The quantitative estimate of drug-likeness (QED) is 0.919. The first kappa shape index (κ1) is 14.0. The number of carboxylic acid groups (broad SMARTS) is 1. The zero-order valence-corrected chi connectivity index (χ0v) is 11.7. The van der Waals surface area contributed by atoms with Gasteiger partial charge >= 0.3 is 5.97 Å². The van der Waals surface area contributed by atoms with Gasteiger partial charge in [-0.15, -0.1) is 0 Å². The summed E-state index contributed by atoms with van der Waals surface area (Å²) in [4.78, 5) is 23.5. The standard InChI is InChI=1S/C14H17N3O3/c1-9-7-12(18)17(11(3)13(9)14(19)20)10(2)8-16-6-4-5-15-16/h4-7,10H,8H2,1-3H3,(H,19,20). The van der Waals surface area contributed by atoms with E-state index >= 15 is 0 Å². The Hall–Kier alpha value is -2.37. The van der Waals surface area contributed by atoms with E-state index in [2.05, 4.69) is 5.10 Å². The highest BCUT2D eigenvalue weighted by atomic mass is 16.4. The van der Waals surface area contributed by atoms with Crippen molar-refractivity contribution < 1.29 is 9.90 Å². The highest BCUT2D eigenvalue weighted by Gasteiger charge is 2.19. The second-order valence-electron chi connectivity index (χ2n) is 4.88. The minimum absolute atomic E-state index is 0.180. The number of aromatic nitrogens is 3. The summed E-state index contributed by atoms with van der Waals surface area (Å²) in [5, 5.41) is 13.4. The molecule has 1 atom stereocenters. The smallest absolute Gasteiger partial charge is 0.337 e. The van der Waals surface area contributed by atoms with Gasteiger partial charge in [0.15, 0.2) is 0 Å². The molecular weight excluding hydrogens is 258 g/mol. The molecule has 20 heavy (non-hydrogen) atoms. The van der Waals surface area contributed by atoms with E-state index in [9.17, 15) is 14.7 Å². The molecule has 2 rings (SSSR count). The molecule has 6 nitrogen and oxygen atoms in total. The Morgan fingerprint density at radius 1 is 1.45 bits per heavy atom. The van der Waals surface area contributed by atoms with Crippen LogP contribution in [-0.4, -0.2) is 25.4 Å². The van der Waals surface area contributed by atoms with Gasteiger partial charge in [-0.05, 0) is 32.4 Å². The molecule has 0 aromatic carbocycles. The van der Waals surface area contributed by atoms with E-state index in [0.29, 0.717) is 17.8 Å². The number of carboxylic acids is 1. The molecule has 2 heterocycles. The van der Waals surface area contributed by atoms with Crippen molar-refractivity contribution in [3.8, 4) is 0 Å². The zero-order chi connectivity index (χ0) is 14.9. The Morgan fingerprint density at radius 3 is 2.70 bits per heavy atom. The monoisotopic (exact) mass is 275 g/mol. The second-order valence-corrected chi connectivity index (χ2v) is 4.88. The third-order valence-corrected chi connectivity index (χ3v) is 3.36. The zero-order valence-electron chi connectivity index (χ0n) is 11.7. The molecule has 1 unspecified atom stereocenters. The Morgan fingerprint density at radius 2 is 2.15 bits per heavy atom. The van der Waals surface area contributed by atoms with E-state index in [-0.39, 0.29) is 17.2 Å². The van der Waals surface area contributed by atoms with E-state index in [1.54, 1.807) is 30.8 Å². The first-order valence-electron chi connectivity index (χ1n) is 6.35. The number of rotatable bonds is 4. The molecule has 0 amide bonds. The molecule has 0 aliphatic heterocycles. The predicted molar refractivity (Wildman–Crippen MR) is 74.1 cm³/mol. The van der Waals surface area contributed by atoms with Crippen molar-refractivity contribution in [1.82, 2.24) is 14.3 Å². The van der Waals surface area contributed by atoms with Crippen LogP contribution in [0.15, 0.2) is 29.3 Å². The molecule has 2 aromatic heterocycles. The molecule has 106 valence electrons. The molecule has 0 aliphatic carbocycles.